The SMILES string of the molecule is Cc1cc(C)cc(N2C(=O)C(Cl)=C(Nc3cccc(C(=O)Nc4nc(-c5ccc(N([O-])O)cc5)cs4)c3)C2=O)c1. The van der Waals surface area contributed by atoms with Crippen molar-refractivity contribution in [1.82, 2.24) is 4.98 Å². The molecule has 0 saturated heterocycles. The first-order valence-electron chi connectivity index (χ1n) is 11.9. The number of amides is 3. The van der Waals surface area contributed by atoms with E-state index < -0.39 is 17.7 Å². The van der Waals surface area contributed by atoms with Gasteiger partial charge in [0.2, 0.25) is 0 Å². The van der Waals surface area contributed by atoms with Crippen LogP contribution in [0.15, 0.2) is 82.8 Å². The van der Waals surface area contributed by atoms with Gasteiger partial charge in [-0.05, 0) is 67.4 Å². The first kappa shape index (κ1) is 27.0. The van der Waals surface area contributed by atoms with E-state index in [1.165, 1.54) is 29.5 Å². The van der Waals surface area contributed by atoms with Gasteiger partial charge in [0.15, 0.2) is 5.13 Å². The Bertz CT molecular complexity index is 1660. The number of nitrogens with one attached hydrogen (secondary N) is 2. The smallest absolute Gasteiger partial charge is 0.283 e. The molecule has 0 fully saturated rings. The van der Waals surface area contributed by atoms with Gasteiger partial charge in [-0.3, -0.25) is 24.9 Å². The van der Waals surface area contributed by atoms with Crippen LogP contribution in [0.1, 0.15) is 21.5 Å². The molecule has 0 unspecified atom stereocenters. The number of hydrogen-bond acceptors (Lipinski definition) is 9. The van der Waals surface area contributed by atoms with Crippen LogP contribution >= 0.6 is 22.9 Å². The summed E-state index contributed by atoms with van der Waals surface area (Å²) in [5.41, 5.74) is 4.17. The van der Waals surface area contributed by atoms with E-state index in [0.717, 1.165) is 16.0 Å². The zero-order valence-electron chi connectivity index (χ0n) is 21.1. The van der Waals surface area contributed by atoms with E-state index in [1.807, 2.05) is 19.9 Å². The maximum atomic E-state index is 13.2. The lowest BCUT2D eigenvalue weighted by atomic mass is 10.1. The molecule has 1 aromatic heterocycles. The predicted molar refractivity (Wildman–Crippen MR) is 154 cm³/mol. The van der Waals surface area contributed by atoms with Crippen LogP contribution in [0.2, 0.25) is 0 Å². The van der Waals surface area contributed by atoms with Crippen LogP contribution in [0.25, 0.3) is 11.3 Å². The number of carbonyl (C=O) groups excluding carboxylic acids is 3. The highest BCUT2D eigenvalue weighted by Crippen LogP contribution is 2.32. The van der Waals surface area contributed by atoms with Gasteiger partial charge in [-0.25, -0.2) is 9.88 Å². The van der Waals surface area contributed by atoms with Crippen molar-refractivity contribution in [3.05, 3.63) is 105 Å². The largest absolute Gasteiger partial charge is 0.733 e. The Morgan fingerprint density at radius 1 is 1.02 bits per heavy atom. The lowest BCUT2D eigenvalue weighted by molar-refractivity contribution is -0.120. The molecule has 0 bridgehead atoms. The summed E-state index contributed by atoms with van der Waals surface area (Å²) < 4.78 is 0. The highest BCUT2D eigenvalue weighted by molar-refractivity contribution is 7.14. The standard InChI is InChI=1S/C28H21ClN5O5S/c1-15-10-16(2)12-21(11-15)33-26(36)23(29)24(27(33)37)30-19-5-3-4-18(13-19)25(35)32-28-31-22(14-40-28)17-6-8-20(9-7-17)34(38)39/h3-14,30,38H,1-2H3,(H,31,32,35)/q-1. The number of thiazole rings is 1. The van der Waals surface area contributed by atoms with Gasteiger partial charge in [-0.15, -0.1) is 11.3 Å². The van der Waals surface area contributed by atoms with E-state index in [1.54, 1.807) is 47.8 Å². The van der Waals surface area contributed by atoms with Crippen molar-refractivity contribution in [2.45, 2.75) is 13.8 Å². The number of nitrogens with zero attached hydrogens (tertiary/aromatic N) is 3. The highest BCUT2D eigenvalue weighted by atomic mass is 35.5. The lowest BCUT2D eigenvalue weighted by Gasteiger charge is -2.21. The average molecular weight is 575 g/mol. The third-order valence-corrected chi connectivity index (χ3v) is 7.10. The van der Waals surface area contributed by atoms with Crippen molar-refractivity contribution in [1.29, 1.82) is 0 Å². The number of imide groups is 1. The van der Waals surface area contributed by atoms with E-state index in [0.29, 0.717) is 27.8 Å². The first-order chi connectivity index (χ1) is 19.1. The van der Waals surface area contributed by atoms with Crippen molar-refractivity contribution >= 4 is 62.9 Å². The Morgan fingerprint density at radius 2 is 1.73 bits per heavy atom. The van der Waals surface area contributed by atoms with Gasteiger partial charge in [0.1, 0.15) is 10.7 Å². The van der Waals surface area contributed by atoms with Crippen molar-refractivity contribution in [2.24, 2.45) is 0 Å². The monoisotopic (exact) mass is 574 g/mol. The van der Waals surface area contributed by atoms with Gasteiger partial charge in [0, 0.05) is 22.2 Å². The summed E-state index contributed by atoms with van der Waals surface area (Å²) in [6.07, 6.45) is 0. The van der Waals surface area contributed by atoms with Crippen LogP contribution in [-0.4, -0.2) is 27.9 Å². The minimum absolute atomic E-state index is 0.0830. The molecule has 3 N–H and O–H groups in total. The minimum atomic E-state index is -0.635. The molecule has 3 amide bonds. The van der Waals surface area contributed by atoms with Crippen LogP contribution in [0, 0.1) is 19.1 Å². The molecule has 5 rings (SSSR count). The van der Waals surface area contributed by atoms with Crippen molar-refractivity contribution in [3.63, 3.8) is 0 Å². The highest BCUT2D eigenvalue weighted by Gasteiger charge is 2.39. The Hall–Kier alpha value is -4.55. The number of anilines is 4. The second-order valence-electron chi connectivity index (χ2n) is 9.00. The van der Waals surface area contributed by atoms with E-state index in [-0.39, 0.29) is 27.2 Å². The van der Waals surface area contributed by atoms with Crippen molar-refractivity contribution < 1.29 is 19.6 Å². The zero-order valence-corrected chi connectivity index (χ0v) is 22.7. The maximum absolute atomic E-state index is 13.2. The quantitative estimate of drug-likeness (QED) is 0.186. The van der Waals surface area contributed by atoms with Gasteiger partial charge >= 0.3 is 0 Å². The lowest BCUT2D eigenvalue weighted by Crippen LogP contribution is -2.32. The molecule has 0 spiro atoms. The van der Waals surface area contributed by atoms with Gasteiger partial charge < -0.3 is 15.8 Å². The predicted octanol–water partition coefficient (Wildman–Crippen LogP) is 5.81. The summed E-state index contributed by atoms with van der Waals surface area (Å²) in [6, 6.07) is 17.9. The number of halogens is 1. The Labute approximate surface area is 237 Å². The molecular weight excluding hydrogens is 554 g/mol. The molecule has 1 aliphatic rings. The molecule has 40 heavy (non-hydrogen) atoms. The summed E-state index contributed by atoms with van der Waals surface area (Å²) in [5, 5.41) is 27.2. The normalized spacial score (nSPS) is 13.2. The number of aromatic nitrogens is 1. The fraction of sp³-hybridized carbons (Fsp3) is 0.0714. The molecule has 0 radical (unpaired) electrons. The third kappa shape index (κ3) is 5.44. The van der Waals surface area contributed by atoms with Crippen molar-refractivity contribution in [3.8, 4) is 11.3 Å². The van der Waals surface area contributed by atoms with E-state index >= 15 is 0 Å². The molecule has 10 nitrogen and oxygen atoms in total. The Morgan fingerprint density at radius 3 is 2.40 bits per heavy atom. The Kier molecular flexibility index (Phi) is 7.37. The second kappa shape index (κ2) is 10.9. The van der Waals surface area contributed by atoms with Crippen LogP contribution < -0.4 is 20.8 Å². The molecule has 202 valence electrons. The molecule has 2 heterocycles. The topological polar surface area (TPSA) is 138 Å². The number of hydrogen-bond donors (Lipinski definition) is 3. The number of benzene rings is 3. The van der Waals surface area contributed by atoms with Crippen LogP contribution in [0.4, 0.5) is 22.2 Å². The molecule has 12 heteroatoms. The van der Waals surface area contributed by atoms with Gasteiger partial charge in [-0.2, -0.15) is 0 Å². The molecule has 0 saturated carbocycles. The number of aryl methyl sites for hydroxylation is 2. The third-order valence-electron chi connectivity index (χ3n) is 5.99. The summed E-state index contributed by atoms with van der Waals surface area (Å²) in [5.74, 6) is -1.67. The molecule has 4 aromatic rings. The fourth-order valence-corrected chi connectivity index (χ4v) is 5.13. The van der Waals surface area contributed by atoms with E-state index in [2.05, 4.69) is 15.6 Å². The summed E-state index contributed by atoms with van der Waals surface area (Å²) in [4.78, 5) is 44.4. The van der Waals surface area contributed by atoms with Crippen LogP contribution in [-0.2, 0) is 9.59 Å². The fourth-order valence-electron chi connectivity index (χ4n) is 4.20. The second-order valence-corrected chi connectivity index (χ2v) is 10.2. The van der Waals surface area contributed by atoms with E-state index in [9.17, 15) is 19.6 Å². The first-order valence-corrected chi connectivity index (χ1v) is 13.1. The summed E-state index contributed by atoms with van der Waals surface area (Å²) in [6.45, 7) is 3.74. The van der Waals surface area contributed by atoms with Gasteiger partial charge in [-0.1, -0.05) is 35.9 Å². The van der Waals surface area contributed by atoms with Crippen molar-refractivity contribution in [2.75, 3.05) is 20.8 Å². The summed E-state index contributed by atoms with van der Waals surface area (Å²) >= 11 is 7.49. The van der Waals surface area contributed by atoms with Crippen LogP contribution in [0.3, 0.4) is 0 Å². The average Bonchev–Trinajstić information content (AvgIpc) is 3.46. The van der Waals surface area contributed by atoms with Gasteiger partial charge in [0.05, 0.1) is 17.1 Å². The molecule has 0 atom stereocenters. The van der Waals surface area contributed by atoms with Crippen LogP contribution in [0.5, 0.6) is 0 Å². The molecule has 0 aliphatic carbocycles. The minimum Gasteiger partial charge on any atom is -0.733 e. The molecular formula is C28H21ClN5O5S-. The summed E-state index contributed by atoms with van der Waals surface area (Å²) in [7, 11) is 0. The number of carbonyl (C=O) groups is 3. The number of rotatable bonds is 7. The Balaban J connectivity index is 1.30. The molecule has 3 aromatic carbocycles. The zero-order chi connectivity index (χ0) is 28.6. The molecule has 1 aliphatic heterocycles. The van der Waals surface area contributed by atoms with Gasteiger partial charge in [0.25, 0.3) is 17.7 Å². The van der Waals surface area contributed by atoms with E-state index in [4.69, 9.17) is 16.8 Å². The maximum Gasteiger partial charge on any atom is 0.283 e.